The maximum atomic E-state index is 11.5. The molecular weight excluding hydrogens is 248 g/mol. The van der Waals surface area contributed by atoms with E-state index in [4.69, 9.17) is 10.6 Å². The van der Waals surface area contributed by atoms with Gasteiger partial charge in [-0.2, -0.15) is 5.10 Å². The van der Waals surface area contributed by atoms with Crippen LogP contribution in [-0.2, 0) is 0 Å². The minimum atomic E-state index is -0.681. The SMILES string of the molecule is COc1ccccc1-c1cc(C(=O)NN)c(=O)[nH]n1. The monoisotopic (exact) mass is 260 g/mol. The number of rotatable bonds is 3. The van der Waals surface area contributed by atoms with E-state index in [-0.39, 0.29) is 5.56 Å². The van der Waals surface area contributed by atoms with Crippen molar-refractivity contribution in [2.24, 2.45) is 5.84 Å². The van der Waals surface area contributed by atoms with E-state index < -0.39 is 11.5 Å². The first-order chi connectivity index (χ1) is 9.17. The summed E-state index contributed by atoms with van der Waals surface area (Å²) >= 11 is 0. The first kappa shape index (κ1) is 12.8. The van der Waals surface area contributed by atoms with Crippen molar-refractivity contribution in [3.05, 3.63) is 46.2 Å². The lowest BCUT2D eigenvalue weighted by Gasteiger charge is -2.07. The minimum Gasteiger partial charge on any atom is -0.496 e. The largest absolute Gasteiger partial charge is 0.496 e. The third-order valence-corrected chi connectivity index (χ3v) is 2.56. The molecule has 0 atom stereocenters. The molecule has 4 N–H and O–H groups in total. The number of amides is 1. The molecule has 98 valence electrons. The van der Waals surface area contributed by atoms with Gasteiger partial charge in [-0.1, -0.05) is 12.1 Å². The number of H-pyrrole nitrogens is 1. The number of nitrogens with zero attached hydrogens (tertiary/aromatic N) is 1. The molecule has 7 heteroatoms. The number of para-hydroxylation sites is 1. The van der Waals surface area contributed by atoms with Gasteiger partial charge < -0.3 is 4.74 Å². The molecule has 0 saturated heterocycles. The quantitative estimate of drug-likeness (QED) is 0.410. The lowest BCUT2D eigenvalue weighted by atomic mass is 10.1. The molecule has 0 fully saturated rings. The highest BCUT2D eigenvalue weighted by Gasteiger charge is 2.13. The summed E-state index contributed by atoms with van der Waals surface area (Å²) in [5.74, 6) is 4.92. The van der Waals surface area contributed by atoms with Crippen LogP contribution in [0.25, 0.3) is 11.3 Å². The number of aromatic amines is 1. The molecular formula is C12H12N4O3. The molecule has 0 bridgehead atoms. The lowest BCUT2D eigenvalue weighted by molar-refractivity contribution is 0.0952. The third kappa shape index (κ3) is 2.45. The van der Waals surface area contributed by atoms with Gasteiger partial charge in [0, 0.05) is 5.56 Å². The summed E-state index contributed by atoms with van der Waals surface area (Å²) in [5.41, 5.74) is 2.26. The first-order valence-electron chi connectivity index (χ1n) is 5.41. The van der Waals surface area contributed by atoms with Gasteiger partial charge in [-0.3, -0.25) is 15.0 Å². The standard InChI is InChI=1S/C12H12N4O3/c1-19-10-5-3-2-4-7(10)9-6-8(11(17)14-13)12(18)16-15-9/h2-6H,13H2,1H3,(H,14,17)(H,16,18). The highest BCUT2D eigenvalue weighted by molar-refractivity contribution is 5.94. The van der Waals surface area contributed by atoms with Gasteiger partial charge in [-0.25, -0.2) is 10.9 Å². The van der Waals surface area contributed by atoms with E-state index in [2.05, 4.69) is 10.2 Å². The predicted octanol–water partition coefficient (Wildman–Crippen LogP) is 0.0490. The Labute approximate surface area is 108 Å². The number of aromatic nitrogens is 2. The Morgan fingerprint density at radius 3 is 2.84 bits per heavy atom. The van der Waals surface area contributed by atoms with Crippen LogP contribution in [0.1, 0.15) is 10.4 Å². The highest BCUT2D eigenvalue weighted by atomic mass is 16.5. The fourth-order valence-electron chi connectivity index (χ4n) is 1.65. The van der Waals surface area contributed by atoms with Crippen molar-refractivity contribution in [1.29, 1.82) is 0 Å². The maximum absolute atomic E-state index is 11.5. The van der Waals surface area contributed by atoms with E-state index in [0.29, 0.717) is 17.0 Å². The van der Waals surface area contributed by atoms with Crippen LogP contribution in [0.3, 0.4) is 0 Å². The zero-order chi connectivity index (χ0) is 13.8. The zero-order valence-corrected chi connectivity index (χ0v) is 10.1. The molecule has 0 spiro atoms. The molecule has 0 radical (unpaired) electrons. The minimum absolute atomic E-state index is 0.113. The Morgan fingerprint density at radius 1 is 1.42 bits per heavy atom. The molecule has 2 rings (SSSR count). The van der Waals surface area contributed by atoms with E-state index >= 15 is 0 Å². The third-order valence-electron chi connectivity index (χ3n) is 2.56. The number of hydrogen-bond donors (Lipinski definition) is 3. The van der Waals surface area contributed by atoms with E-state index in [1.54, 1.807) is 18.2 Å². The summed E-state index contributed by atoms with van der Waals surface area (Å²) in [6.07, 6.45) is 0. The van der Waals surface area contributed by atoms with E-state index in [9.17, 15) is 9.59 Å². The number of nitrogen functional groups attached to an aromatic ring is 1. The first-order valence-corrected chi connectivity index (χ1v) is 5.41. The van der Waals surface area contributed by atoms with Crippen LogP contribution in [0, 0.1) is 0 Å². The van der Waals surface area contributed by atoms with Crippen LogP contribution in [-0.4, -0.2) is 23.2 Å². The van der Waals surface area contributed by atoms with Gasteiger partial charge in [-0.15, -0.1) is 0 Å². The van der Waals surface area contributed by atoms with Gasteiger partial charge >= 0.3 is 0 Å². The van der Waals surface area contributed by atoms with E-state index in [1.807, 2.05) is 11.5 Å². The highest BCUT2D eigenvalue weighted by Crippen LogP contribution is 2.27. The smallest absolute Gasteiger partial charge is 0.277 e. The summed E-state index contributed by atoms with van der Waals surface area (Å²) in [4.78, 5) is 22.9. The number of hydrazine groups is 1. The topological polar surface area (TPSA) is 110 Å². The van der Waals surface area contributed by atoms with Crippen molar-refractivity contribution in [3.8, 4) is 17.0 Å². The summed E-state index contributed by atoms with van der Waals surface area (Å²) < 4.78 is 5.20. The Kier molecular flexibility index (Phi) is 3.58. The van der Waals surface area contributed by atoms with Gasteiger partial charge in [0.25, 0.3) is 11.5 Å². The van der Waals surface area contributed by atoms with Crippen molar-refractivity contribution in [3.63, 3.8) is 0 Å². The van der Waals surface area contributed by atoms with Crippen molar-refractivity contribution in [2.45, 2.75) is 0 Å². The Bertz CT molecular complexity index is 666. The van der Waals surface area contributed by atoms with Crippen molar-refractivity contribution >= 4 is 5.91 Å². The number of hydrogen-bond acceptors (Lipinski definition) is 5. The second-order valence-electron chi connectivity index (χ2n) is 3.67. The summed E-state index contributed by atoms with van der Waals surface area (Å²) in [7, 11) is 1.53. The molecule has 7 nitrogen and oxygen atoms in total. The van der Waals surface area contributed by atoms with Crippen LogP contribution in [0.2, 0.25) is 0 Å². The van der Waals surface area contributed by atoms with Crippen molar-refractivity contribution < 1.29 is 9.53 Å². The molecule has 19 heavy (non-hydrogen) atoms. The number of carbonyl (C=O) groups excluding carboxylic acids is 1. The lowest BCUT2D eigenvalue weighted by Crippen LogP contribution is -2.34. The van der Waals surface area contributed by atoms with Crippen LogP contribution in [0.4, 0.5) is 0 Å². The number of methoxy groups -OCH3 is 1. The average Bonchev–Trinajstić information content (AvgIpc) is 2.47. The molecule has 0 saturated carbocycles. The molecule has 0 aliphatic carbocycles. The van der Waals surface area contributed by atoms with E-state index in [1.165, 1.54) is 13.2 Å². The van der Waals surface area contributed by atoms with Crippen LogP contribution in [0.5, 0.6) is 5.75 Å². The van der Waals surface area contributed by atoms with Gasteiger partial charge in [-0.05, 0) is 18.2 Å². The Hall–Kier alpha value is -2.67. The van der Waals surface area contributed by atoms with Gasteiger partial charge in [0.2, 0.25) is 0 Å². The maximum Gasteiger partial charge on any atom is 0.277 e. The molecule has 1 heterocycles. The van der Waals surface area contributed by atoms with Crippen LogP contribution < -0.4 is 21.6 Å². The molecule has 0 aliphatic rings. The number of ether oxygens (including phenoxy) is 1. The zero-order valence-electron chi connectivity index (χ0n) is 10.1. The average molecular weight is 260 g/mol. The summed E-state index contributed by atoms with van der Waals surface area (Å²) in [5, 5.41) is 6.15. The fourth-order valence-corrected chi connectivity index (χ4v) is 1.65. The predicted molar refractivity (Wildman–Crippen MR) is 68.5 cm³/mol. The molecule has 0 aliphatic heterocycles. The molecule has 1 aromatic carbocycles. The van der Waals surface area contributed by atoms with Crippen molar-refractivity contribution in [1.82, 2.24) is 15.6 Å². The molecule has 1 amide bonds. The van der Waals surface area contributed by atoms with Crippen LogP contribution in [0.15, 0.2) is 35.1 Å². The Morgan fingerprint density at radius 2 is 2.16 bits per heavy atom. The van der Waals surface area contributed by atoms with Gasteiger partial charge in [0.05, 0.1) is 12.8 Å². The van der Waals surface area contributed by atoms with Crippen LogP contribution >= 0.6 is 0 Å². The second kappa shape index (κ2) is 5.32. The fraction of sp³-hybridized carbons (Fsp3) is 0.0833. The molecule has 1 aromatic heterocycles. The second-order valence-corrected chi connectivity index (χ2v) is 3.67. The summed E-state index contributed by atoms with van der Waals surface area (Å²) in [6.45, 7) is 0. The number of benzene rings is 1. The number of carbonyl (C=O) groups is 1. The number of nitrogens with two attached hydrogens (primary N) is 1. The summed E-state index contributed by atoms with van der Waals surface area (Å²) in [6, 6.07) is 8.49. The normalized spacial score (nSPS) is 10.0. The molecule has 0 unspecified atom stereocenters. The number of nitrogens with one attached hydrogen (secondary N) is 2. The molecule has 2 aromatic rings. The van der Waals surface area contributed by atoms with Gasteiger partial charge in [0.15, 0.2) is 0 Å². The van der Waals surface area contributed by atoms with E-state index in [0.717, 1.165) is 0 Å². The van der Waals surface area contributed by atoms with Gasteiger partial charge in [0.1, 0.15) is 11.3 Å². The Balaban J connectivity index is 2.58. The van der Waals surface area contributed by atoms with Crippen molar-refractivity contribution in [2.75, 3.05) is 7.11 Å².